The molecule has 1 aromatic carbocycles. The summed E-state index contributed by atoms with van der Waals surface area (Å²) in [4.78, 5) is 0. The van der Waals surface area contributed by atoms with E-state index in [-0.39, 0.29) is 6.92 Å². The smallest absolute Gasteiger partial charge is 0.324 e. The first-order chi connectivity index (χ1) is 5.27. The Morgan fingerprint density at radius 1 is 1.45 bits per heavy atom. The lowest BCUT2D eigenvalue weighted by atomic mass is 9.63. The van der Waals surface area contributed by atoms with Crippen LogP contribution in [-0.2, 0) is 6.42 Å². The Morgan fingerprint density at radius 3 is 3.09 bits per heavy atom. The summed E-state index contributed by atoms with van der Waals surface area (Å²) in [5, 5.41) is 9.47. The predicted octanol–water partition coefficient (Wildman–Crippen LogP) is 0.742. The molecule has 0 amide bonds. The van der Waals surface area contributed by atoms with Crippen LogP contribution in [0.3, 0.4) is 0 Å². The summed E-state index contributed by atoms with van der Waals surface area (Å²) >= 11 is 0. The average Bonchev–Trinajstić information content (AvgIpc) is 2.32. The molecule has 0 saturated carbocycles. The molecule has 0 aromatic heterocycles. The summed E-state index contributed by atoms with van der Waals surface area (Å²) in [6, 6.07) is 6.28. The zero-order valence-electron chi connectivity index (χ0n) is 6.67. The minimum Gasteiger partial charge on any atom is -0.446 e. The standard InChI is InChI=1S/C9H11BO/c1-7-2-3-9-8(6-7)4-5-10(9)11/h2-3,6,11H,4-5H2,1H3. The van der Waals surface area contributed by atoms with E-state index in [4.69, 9.17) is 0 Å². The number of hydrogen-bond acceptors (Lipinski definition) is 1. The SMILES string of the molecule is Cc1ccc2c(c1)CCB2O. The predicted molar refractivity (Wildman–Crippen MR) is 47.3 cm³/mol. The maximum atomic E-state index is 9.47. The highest BCUT2D eigenvalue weighted by atomic mass is 16.2. The van der Waals surface area contributed by atoms with Gasteiger partial charge >= 0.3 is 6.92 Å². The molecule has 2 rings (SSSR count). The van der Waals surface area contributed by atoms with E-state index in [1.165, 1.54) is 11.1 Å². The lowest BCUT2D eigenvalue weighted by Gasteiger charge is -2.00. The molecule has 0 spiro atoms. The highest BCUT2D eigenvalue weighted by molar-refractivity contribution is 6.67. The second-order valence-corrected chi connectivity index (χ2v) is 3.26. The van der Waals surface area contributed by atoms with Crippen LogP contribution in [-0.4, -0.2) is 11.9 Å². The van der Waals surface area contributed by atoms with Crippen molar-refractivity contribution in [2.45, 2.75) is 19.7 Å². The van der Waals surface area contributed by atoms with Crippen molar-refractivity contribution < 1.29 is 5.02 Å². The van der Waals surface area contributed by atoms with Crippen LogP contribution in [0.25, 0.3) is 0 Å². The lowest BCUT2D eigenvalue weighted by molar-refractivity contribution is 0.587. The van der Waals surface area contributed by atoms with Gasteiger partial charge in [-0.2, -0.15) is 0 Å². The van der Waals surface area contributed by atoms with Gasteiger partial charge in [0.2, 0.25) is 0 Å². The molecule has 1 aromatic rings. The van der Waals surface area contributed by atoms with E-state index in [0.29, 0.717) is 0 Å². The Morgan fingerprint density at radius 2 is 2.27 bits per heavy atom. The molecule has 1 nitrogen and oxygen atoms in total. The van der Waals surface area contributed by atoms with E-state index in [2.05, 4.69) is 19.1 Å². The van der Waals surface area contributed by atoms with E-state index in [9.17, 15) is 5.02 Å². The molecule has 2 heteroatoms. The van der Waals surface area contributed by atoms with E-state index >= 15 is 0 Å². The van der Waals surface area contributed by atoms with E-state index in [0.717, 1.165) is 18.2 Å². The van der Waals surface area contributed by atoms with Crippen molar-refractivity contribution in [3.63, 3.8) is 0 Å². The van der Waals surface area contributed by atoms with Gasteiger partial charge in [-0.15, -0.1) is 0 Å². The average molecular weight is 146 g/mol. The normalized spacial score (nSPS) is 15.3. The zero-order valence-corrected chi connectivity index (χ0v) is 6.67. The van der Waals surface area contributed by atoms with E-state index in [1.54, 1.807) is 0 Å². The van der Waals surface area contributed by atoms with Gasteiger partial charge in [-0.1, -0.05) is 29.3 Å². The lowest BCUT2D eigenvalue weighted by Crippen LogP contribution is -2.25. The Labute approximate surface area is 67.2 Å². The zero-order chi connectivity index (χ0) is 7.84. The van der Waals surface area contributed by atoms with E-state index < -0.39 is 0 Å². The fourth-order valence-corrected chi connectivity index (χ4v) is 1.72. The van der Waals surface area contributed by atoms with Gasteiger partial charge in [-0.05, 0) is 25.1 Å². The number of aryl methyl sites for hydroxylation is 2. The molecule has 0 saturated heterocycles. The van der Waals surface area contributed by atoms with Gasteiger partial charge in [-0.25, -0.2) is 0 Å². The van der Waals surface area contributed by atoms with Crippen molar-refractivity contribution in [3.05, 3.63) is 29.3 Å². The van der Waals surface area contributed by atoms with Crippen LogP contribution in [0.4, 0.5) is 0 Å². The van der Waals surface area contributed by atoms with Crippen molar-refractivity contribution in [1.82, 2.24) is 0 Å². The quantitative estimate of drug-likeness (QED) is 0.535. The first-order valence-electron chi connectivity index (χ1n) is 4.05. The third-order valence-corrected chi connectivity index (χ3v) is 2.34. The van der Waals surface area contributed by atoms with Gasteiger partial charge < -0.3 is 5.02 Å². The van der Waals surface area contributed by atoms with Gasteiger partial charge in [0, 0.05) is 0 Å². The van der Waals surface area contributed by atoms with Crippen LogP contribution < -0.4 is 5.46 Å². The summed E-state index contributed by atoms with van der Waals surface area (Å²) in [6.45, 7) is 1.89. The summed E-state index contributed by atoms with van der Waals surface area (Å²) < 4.78 is 0. The summed E-state index contributed by atoms with van der Waals surface area (Å²) in [5.41, 5.74) is 3.76. The van der Waals surface area contributed by atoms with Crippen molar-refractivity contribution in [2.75, 3.05) is 0 Å². The van der Waals surface area contributed by atoms with Gasteiger partial charge in [0.05, 0.1) is 0 Å². The first kappa shape index (κ1) is 6.92. The maximum Gasteiger partial charge on any atom is 0.324 e. The van der Waals surface area contributed by atoms with Gasteiger partial charge in [0.25, 0.3) is 0 Å². The van der Waals surface area contributed by atoms with E-state index in [1.807, 2.05) is 6.07 Å². The molecule has 1 aliphatic rings. The van der Waals surface area contributed by atoms with Crippen LogP contribution >= 0.6 is 0 Å². The van der Waals surface area contributed by atoms with Crippen LogP contribution in [0.1, 0.15) is 11.1 Å². The van der Waals surface area contributed by atoms with Crippen molar-refractivity contribution in [2.24, 2.45) is 0 Å². The van der Waals surface area contributed by atoms with Crippen LogP contribution in [0.5, 0.6) is 0 Å². The largest absolute Gasteiger partial charge is 0.446 e. The fourth-order valence-electron chi connectivity index (χ4n) is 1.72. The minimum absolute atomic E-state index is 0.203. The molecule has 11 heavy (non-hydrogen) atoms. The Balaban J connectivity index is 2.50. The molecule has 0 unspecified atom stereocenters. The molecule has 0 aliphatic carbocycles. The van der Waals surface area contributed by atoms with Gasteiger partial charge in [0.15, 0.2) is 0 Å². The molecular weight excluding hydrogens is 135 g/mol. The Kier molecular flexibility index (Phi) is 1.50. The highest BCUT2D eigenvalue weighted by Crippen LogP contribution is 2.13. The van der Waals surface area contributed by atoms with Crippen LogP contribution in [0, 0.1) is 6.92 Å². The van der Waals surface area contributed by atoms with Crippen LogP contribution in [0.15, 0.2) is 18.2 Å². The van der Waals surface area contributed by atoms with Crippen LogP contribution in [0.2, 0.25) is 6.32 Å². The third-order valence-electron chi connectivity index (χ3n) is 2.34. The highest BCUT2D eigenvalue weighted by Gasteiger charge is 2.23. The monoisotopic (exact) mass is 146 g/mol. The molecule has 0 bridgehead atoms. The molecule has 56 valence electrons. The molecule has 0 radical (unpaired) electrons. The minimum atomic E-state index is -0.203. The number of benzene rings is 1. The topological polar surface area (TPSA) is 20.2 Å². The van der Waals surface area contributed by atoms with Crippen molar-refractivity contribution in [3.8, 4) is 0 Å². The Hall–Kier alpha value is -0.755. The molecule has 1 heterocycles. The Bertz CT molecular complexity index is 283. The molecule has 1 aliphatic heterocycles. The third kappa shape index (κ3) is 1.08. The summed E-state index contributed by atoms with van der Waals surface area (Å²) in [7, 11) is 0. The molecule has 0 fully saturated rings. The maximum absolute atomic E-state index is 9.47. The molecule has 0 atom stereocenters. The first-order valence-corrected chi connectivity index (χ1v) is 4.05. The summed E-state index contributed by atoms with van der Waals surface area (Å²) in [5.74, 6) is 0. The van der Waals surface area contributed by atoms with Crippen molar-refractivity contribution in [1.29, 1.82) is 0 Å². The fraction of sp³-hybridized carbons (Fsp3) is 0.333. The van der Waals surface area contributed by atoms with Crippen molar-refractivity contribution >= 4 is 12.4 Å². The second kappa shape index (κ2) is 2.38. The number of rotatable bonds is 0. The number of hydrogen-bond donors (Lipinski definition) is 1. The summed E-state index contributed by atoms with van der Waals surface area (Å²) in [6.07, 6.45) is 1.94. The van der Waals surface area contributed by atoms with Gasteiger partial charge in [0.1, 0.15) is 0 Å². The molecule has 1 N–H and O–H groups in total. The molecular formula is C9H11BO. The second-order valence-electron chi connectivity index (χ2n) is 3.26. The number of fused-ring (bicyclic) bond motifs is 1. The van der Waals surface area contributed by atoms with Gasteiger partial charge in [-0.3, -0.25) is 0 Å².